The van der Waals surface area contributed by atoms with Crippen molar-refractivity contribution in [3.05, 3.63) is 35.4 Å². The first-order valence-electron chi connectivity index (χ1n) is 6.81. The normalized spacial score (nSPS) is 19.8. The van der Waals surface area contributed by atoms with Crippen molar-refractivity contribution in [3.8, 4) is 0 Å². The lowest BCUT2D eigenvalue weighted by Crippen LogP contribution is -2.43. The van der Waals surface area contributed by atoms with Crippen LogP contribution in [-0.4, -0.2) is 55.5 Å². The number of ether oxygens (including phenoxy) is 2. The lowest BCUT2D eigenvalue weighted by molar-refractivity contribution is -0.139. The number of hydrogen-bond donors (Lipinski definition) is 1. The predicted octanol–water partition coefficient (Wildman–Crippen LogP) is 0.595. The van der Waals surface area contributed by atoms with Crippen molar-refractivity contribution in [2.24, 2.45) is 0 Å². The summed E-state index contributed by atoms with van der Waals surface area (Å²) in [6.07, 6.45) is 0.178. The fraction of sp³-hybridized carbons (Fsp3) is 0.533. The summed E-state index contributed by atoms with van der Waals surface area (Å²) < 4.78 is 10.2. The Kier molecular flexibility index (Phi) is 5.52. The number of carbonyl (C=O) groups excluding carboxylic acids is 1. The first kappa shape index (κ1) is 15.0. The van der Waals surface area contributed by atoms with Gasteiger partial charge in [-0.15, -0.1) is 0 Å². The monoisotopic (exact) mass is 279 g/mol. The molecule has 1 heterocycles. The minimum absolute atomic E-state index is 0.0420. The van der Waals surface area contributed by atoms with Crippen LogP contribution >= 0.6 is 0 Å². The molecular weight excluding hydrogens is 258 g/mol. The number of carbonyl (C=O) groups is 1. The number of aliphatic hydroxyl groups excluding tert-OH is 1. The van der Waals surface area contributed by atoms with E-state index >= 15 is 0 Å². The van der Waals surface area contributed by atoms with Gasteiger partial charge in [0.15, 0.2) is 0 Å². The smallest absolute Gasteiger partial charge is 0.309 e. The third-order valence-electron chi connectivity index (χ3n) is 3.50. The predicted molar refractivity (Wildman–Crippen MR) is 74.3 cm³/mol. The zero-order valence-corrected chi connectivity index (χ0v) is 11.7. The molecule has 0 radical (unpaired) electrons. The van der Waals surface area contributed by atoms with E-state index in [-0.39, 0.29) is 18.7 Å². The molecule has 1 aliphatic heterocycles. The highest BCUT2D eigenvalue weighted by molar-refractivity contribution is 5.72. The molecule has 1 N–H and O–H groups in total. The van der Waals surface area contributed by atoms with Crippen LogP contribution in [0.1, 0.15) is 11.1 Å². The fourth-order valence-corrected chi connectivity index (χ4v) is 2.39. The minimum Gasteiger partial charge on any atom is -0.469 e. The van der Waals surface area contributed by atoms with Gasteiger partial charge in [0.1, 0.15) is 0 Å². The number of hydrogen-bond acceptors (Lipinski definition) is 5. The minimum atomic E-state index is -0.229. The van der Waals surface area contributed by atoms with E-state index in [2.05, 4.69) is 4.90 Å². The summed E-state index contributed by atoms with van der Waals surface area (Å²) in [7, 11) is 1.40. The van der Waals surface area contributed by atoms with Gasteiger partial charge in [0.25, 0.3) is 0 Å². The number of nitrogens with zero attached hydrogens (tertiary/aromatic N) is 1. The highest BCUT2D eigenvalue weighted by atomic mass is 16.5. The Bertz CT molecular complexity index is 449. The molecular formula is C15H21NO4. The molecule has 0 aromatic heterocycles. The molecule has 1 unspecified atom stereocenters. The van der Waals surface area contributed by atoms with Gasteiger partial charge in [-0.2, -0.15) is 0 Å². The Morgan fingerprint density at radius 1 is 1.45 bits per heavy atom. The van der Waals surface area contributed by atoms with Gasteiger partial charge in [-0.05, 0) is 11.1 Å². The standard InChI is InChI=1S/C15H21NO4/c1-19-15(18)8-12-4-2-3-5-13(12)9-16-6-7-20-14(10-16)11-17/h2-5,14,17H,6-11H2,1H3. The maximum atomic E-state index is 11.4. The van der Waals surface area contributed by atoms with Gasteiger partial charge in [-0.25, -0.2) is 0 Å². The summed E-state index contributed by atoms with van der Waals surface area (Å²) in [6, 6.07) is 7.88. The van der Waals surface area contributed by atoms with Crippen LogP contribution in [0, 0.1) is 0 Å². The quantitative estimate of drug-likeness (QED) is 0.800. The van der Waals surface area contributed by atoms with Crippen molar-refractivity contribution in [2.45, 2.75) is 19.1 Å². The van der Waals surface area contributed by atoms with Gasteiger partial charge >= 0.3 is 5.97 Å². The van der Waals surface area contributed by atoms with Gasteiger partial charge in [0.05, 0.1) is 32.8 Å². The van der Waals surface area contributed by atoms with Crippen molar-refractivity contribution in [1.29, 1.82) is 0 Å². The van der Waals surface area contributed by atoms with E-state index in [9.17, 15) is 4.79 Å². The maximum Gasteiger partial charge on any atom is 0.309 e. The van der Waals surface area contributed by atoms with Crippen LogP contribution in [0.2, 0.25) is 0 Å². The maximum absolute atomic E-state index is 11.4. The highest BCUT2D eigenvalue weighted by Gasteiger charge is 2.20. The third-order valence-corrected chi connectivity index (χ3v) is 3.50. The lowest BCUT2D eigenvalue weighted by Gasteiger charge is -2.32. The molecule has 1 aliphatic rings. The first-order chi connectivity index (χ1) is 9.72. The van der Waals surface area contributed by atoms with Crippen molar-refractivity contribution in [2.75, 3.05) is 33.4 Å². The SMILES string of the molecule is COC(=O)Cc1ccccc1CN1CCOC(CO)C1. The van der Waals surface area contributed by atoms with Crippen LogP contribution in [0.4, 0.5) is 0 Å². The molecule has 0 saturated carbocycles. The Hall–Kier alpha value is -1.43. The van der Waals surface area contributed by atoms with Crippen molar-refractivity contribution in [3.63, 3.8) is 0 Å². The molecule has 1 aromatic rings. The zero-order chi connectivity index (χ0) is 14.4. The second-order valence-corrected chi connectivity index (χ2v) is 4.93. The molecule has 110 valence electrons. The summed E-state index contributed by atoms with van der Waals surface area (Å²) in [5.41, 5.74) is 2.11. The molecule has 5 heteroatoms. The van der Waals surface area contributed by atoms with Crippen LogP contribution in [0.3, 0.4) is 0 Å². The summed E-state index contributed by atoms with van der Waals surface area (Å²) in [5.74, 6) is -0.229. The van der Waals surface area contributed by atoms with E-state index in [1.165, 1.54) is 7.11 Å². The number of morpholine rings is 1. The van der Waals surface area contributed by atoms with Gasteiger partial charge in [-0.3, -0.25) is 9.69 Å². The molecule has 0 bridgehead atoms. The molecule has 1 fully saturated rings. The summed E-state index contributed by atoms with van der Waals surface area (Å²) in [6.45, 7) is 2.98. The number of methoxy groups -OCH3 is 1. The second kappa shape index (κ2) is 7.38. The van der Waals surface area contributed by atoms with Gasteiger partial charge in [0, 0.05) is 19.6 Å². The Labute approximate surface area is 119 Å². The first-order valence-corrected chi connectivity index (χ1v) is 6.81. The largest absolute Gasteiger partial charge is 0.469 e. The molecule has 5 nitrogen and oxygen atoms in total. The van der Waals surface area contributed by atoms with Crippen molar-refractivity contribution >= 4 is 5.97 Å². The summed E-state index contributed by atoms with van der Waals surface area (Å²) >= 11 is 0. The number of benzene rings is 1. The van der Waals surface area contributed by atoms with Crippen LogP contribution in [0.5, 0.6) is 0 Å². The van der Waals surface area contributed by atoms with Crippen molar-refractivity contribution in [1.82, 2.24) is 4.90 Å². The fourth-order valence-electron chi connectivity index (χ4n) is 2.39. The molecule has 1 atom stereocenters. The molecule has 1 aromatic carbocycles. The molecule has 0 spiro atoms. The summed E-state index contributed by atoms with van der Waals surface area (Å²) in [4.78, 5) is 13.7. The summed E-state index contributed by atoms with van der Waals surface area (Å²) in [5, 5.41) is 9.17. The Morgan fingerprint density at radius 3 is 2.90 bits per heavy atom. The Balaban J connectivity index is 2.03. The molecule has 1 saturated heterocycles. The van der Waals surface area contributed by atoms with Crippen LogP contribution in [-0.2, 0) is 27.2 Å². The Morgan fingerprint density at radius 2 is 2.20 bits per heavy atom. The van der Waals surface area contributed by atoms with E-state index in [1.807, 2.05) is 24.3 Å². The molecule has 0 amide bonds. The van der Waals surface area contributed by atoms with Gasteiger partial charge < -0.3 is 14.6 Å². The van der Waals surface area contributed by atoms with Crippen molar-refractivity contribution < 1.29 is 19.4 Å². The molecule has 20 heavy (non-hydrogen) atoms. The van der Waals surface area contributed by atoms with Crippen LogP contribution in [0.25, 0.3) is 0 Å². The number of aliphatic hydroxyl groups is 1. The van der Waals surface area contributed by atoms with E-state index in [0.717, 1.165) is 24.2 Å². The topological polar surface area (TPSA) is 59.0 Å². The van der Waals surface area contributed by atoms with E-state index < -0.39 is 0 Å². The van der Waals surface area contributed by atoms with E-state index in [4.69, 9.17) is 14.6 Å². The van der Waals surface area contributed by atoms with Crippen LogP contribution in [0.15, 0.2) is 24.3 Å². The average Bonchev–Trinajstić information content (AvgIpc) is 2.49. The average molecular weight is 279 g/mol. The number of rotatable bonds is 5. The third kappa shape index (κ3) is 4.03. The number of esters is 1. The van der Waals surface area contributed by atoms with Gasteiger partial charge in [-0.1, -0.05) is 24.3 Å². The van der Waals surface area contributed by atoms with Crippen LogP contribution < -0.4 is 0 Å². The zero-order valence-electron chi connectivity index (χ0n) is 11.7. The highest BCUT2D eigenvalue weighted by Crippen LogP contribution is 2.15. The van der Waals surface area contributed by atoms with Gasteiger partial charge in [0.2, 0.25) is 0 Å². The molecule has 2 rings (SSSR count). The van der Waals surface area contributed by atoms with E-state index in [0.29, 0.717) is 19.6 Å². The second-order valence-electron chi connectivity index (χ2n) is 4.93. The van der Waals surface area contributed by atoms with E-state index in [1.54, 1.807) is 0 Å². The lowest BCUT2D eigenvalue weighted by atomic mass is 10.0. The molecule has 0 aliphatic carbocycles.